The van der Waals surface area contributed by atoms with Crippen LogP contribution >= 0.6 is 0 Å². The van der Waals surface area contributed by atoms with Gasteiger partial charge in [-0.1, -0.05) is 0 Å². The maximum absolute atomic E-state index is 9.53. The van der Waals surface area contributed by atoms with E-state index in [0.717, 1.165) is 0 Å². The standard InChI is InChI=1S/C12H27NO4/c1-9(2)16-7-11(14)5-13-6-12(15)8-17-10(3)4/h9-15H,5-8H2,1-4H3/t11-,12+. The summed E-state index contributed by atoms with van der Waals surface area (Å²) in [5.41, 5.74) is 0. The fraction of sp³-hybridized carbons (Fsp3) is 1.00. The Bertz CT molecular complexity index is 158. The van der Waals surface area contributed by atoms with Gasteiger partial charge in [0, 0.05) is 13.1 Å². The molecule has 0 fully saturated rings. The highest BCUT2D eigenvalue weighted by atomic mass is 16.5. The topological polar surface area (TPSA) is 71.0 Å². The lowest BCUT2D eigenvalue weighted by atomic mass is 10.3. The number of hydrogen-bond acceptors (Lipinski definition) is 5. The van der Waals surface area contributed by atoms with Gasteiger partial charge in [0.2, 0.25) is 0 Å². The molecule has 0 rings (SSSR count). The van der Waals surface area contributed by atoms with E-state index < -0.39 is 12.2 Å². The average molecular weight is 249 g/mol. The molecule has 0 saturated carbocycles. The molecule has 104 valence electrons. The van der Waals surface area contributed by atoms with Crippen molar-refractivity contribution < 1.29 is 19.7 Å². The van der Waals surface area contributed by atoms with Crippen LogP contribution in [0.2, 0.25) is 0 Å². The summed E-state index contributed by atoms with van der Waals surface area (Å²) < 4.78 is 10.5. The molecule has 17 heavy (non-hydrogen) atoms. The van der Waals surface area contributed by atoms with Gasteiger partial charge in [-0.3, -0.25) is 0 Å². The van der Waals surface area contributed by atoms with E-state index in [9.17, 15) is 10.2 Å². The zero-order valence-corrected chi connectivity index (χ0v) is 11.3. The van der Waals surface area contributed by atoms with E-state index >= 15 is 0 Å². The summed E-state index contributed by atoms with van der Waals surface area (Å²) in [7, 11) is 0. The molecule has 0 aromatic carbocycles. The van der Waals surface area contributed by atoms with Crippen LogP contribution in [0, 0.1) is 0 Å². The summed E-state index contributed by atoms with van der Waals surface area (Å²) >= 11 is 0. The molecule has 0 saturated heterocycles. The van der Waals surface area contributed by atoms with Gasteiger partial charge in [0.15, 0.2) is 0 Å². The van der Waals surface area contributed by atoms with Gasteiger partial charge in [0.1, 0.15) is 0 Å². The number of aliphatic hydroxyl groups is 2. The van der Waals surface area contributed by atoms with Crippen LogP contribution in [-0.2, 0) is 9.47 Å². The maximum atomic E-state index is 9.53. The van der Waals surface area contributed by atoms with Gasteiger partial charge in [-0.25, -0.2) is 0 Å². The lowest BCUT2D eigenvalue weighted by Gasteiger charge is -2.17. The van der Waals surface area contributed by atoms with Gasteiger partial charge >= 0.3 is 0 Å². The van der Waals surface area contributed by atoms with Crippen LogP contribution in [-0.4, -0.2) is 60.9 Å². The second-order valence-corrected chi connectivity index (χ2v) is 4.73. The molecule has 3 N–H and O–H groups in total. The minimum absolute atomic E-state index is 0.120. The van der Waals surface area contributed by atoms with Gasteiger partial charge in [0.25, 0.3) is 0 Å². The number of nitrogens with one attached hydrogen (secondary N) is 1. The zero-order valence-electron chi connectivity index (χ0n) is 11.3. The third kappa shape index (κ3) is 12.1. The van der Waals surface area contributed by atoms with Crippen molar-refractivity contribution in [1.29, 1.82) is 0 Å². The Morgan fingerprint density at radius 3 is 1.47 bits per heavy atom. The summed E-state index contributed by atoms with van der Waals surface area (Å²) in [6.45, 7) is 9.13. The minimum atomic E-state index is -0.546. The van der Waals surface area contributed by atoms with Crippen LogP contribution in [0.15, 0.2) is 0 Å². The molecule has 0 unspecified atom stereocenters. The molecule has 0 heterocycles. The predicted molar refractivity (Wildman–Crippen MR) is 67.1 cm³/mol. The monoisotopic (exact) mass is 249 g/mol. The van der Waals surface area contributed by atoms with Crippen LogP contribution in [0.5, 0.6) is 0 Å². The van der Waals surface area contributed by atoms with E-state index in [4.69, 9.17) is 9.47 Å². The van der Waals surface area contributed by atoms with Crippen molar-refractivity contribution in [3.05, 3.63) is 0 Å². The van der Waals surface area contributed by atoms with Gasteiger partial charge in [0.05, 0.1) is 37.6 Å². The van der Waals surface area contributed by atoms with E-state index in [1.807, 2.05) is 27.7 Å². The molecule has 0 aliphatic carbocycles. The third-order valence-electron chi connectivity index (χ3n) is 2.00. The first kappa shape index (κ1) is 16.8. The van der Waals surface area contributed by atoms with Crippen molar-refractivity contribution >= 4 is 0 Å². The molecule has 5 heteroatoms. The molecular formula is C12H27NO4. The Labute approximate surface area is 104 Å². The van der Waals surface area contributed by atoms with Crippen molar-refractivity contribution in [2.24, 2.45) is 0 Å². The SMILES string of the molecule is CC(C)OC[C@H](O)CNC[C@H](O)COC(C)C. The van der Waals surface area contributed by atoms with Crippen molar-refractivity contribution in [3.8, 4) is 0 Å². The van der Waals surface area contributed by atoms with Crippen molar-refractivity contribution in [3.63, 3.8) is 0 Å². The molecule has 0 bridgehead atoms. The average Bonchev–Trinajstić information content (AvgIpc) is 2.23. The maximum Gasteiger partial charge on any atom is 0.0897 e. The highest BCUT2D eigenvalue weighted by molar-refractivity contribution is 4.63. The Kier molecular flexibility index (Phi) is 9.68. The van der Waals surface area contributed by atoms with Crippen molar-refractivity contribution in [2.45, 2.75) is 52.1 Å². The fourth-order valence-corrected chi connectivity index (χ4v) is 1.14. The van der Waals surface area contributed by atoms with Crippen LogP contribution in [0.1, 0.15) is 27.7 Å². The van der Waals surface area contributed by atoms with Gasteiger partial charge < -0.3 is 25.0 Å². The smallest absolute Gasteiger partial charge is 0.0897 e. The summed E-state index contributed by atoms with van der Waals surface area (Å²) in [5.74, 6) is 0. The molecule has 2 atom stereocenters. The van der Waals surface area contributed by atoms with E-state index in [1.54, 1.807) is 0 Å². The molecule has 0 aliphatic heterocycles. The molecule has 5 nitrogen and oxygen atoms in total. The normalized spacial score (nSPS) is 15.5. The van der Waals surface area contributed by atoms with Crippen molar-refractivity contribution in [2.75, 3.05) is 26.3 Å². The van der Waals surface area contributed by atoms with Gasteiger partial charge in [-0.05, 0) is 27.7 Å². The minimum Gasteiger partial charge on any atom is -0.389 e. The summed E-state index contributed by atoms with van der Waals surface area (Å²) in [6.07, 6.45) is -0.851. The summed E-state index contributed by atoms with van der Waals surface area (Å²) in [6, 6.07) is 0. The number of rotatable bonds is 10. The Hall–Kier alpha value is -0.200. The molecule has 0 amide bonds. The highest BCUT2D eigenvalue weighted by Gasteiger charge is 2.08. The summed E-state index contributed by atoms with van der Waals surface area (Å²) in [4.78, 5) is 0. The fourth-order valence-electron chi connectivity index (χ4n) is 1.14. The molecule has 0 spiro atoms. The number of ether oxygens (including phenoxy) is 2. The van der Waals surface area contributed by atoms with Gasteiger partial charge in [-0.15, -0.1) is 0 Å². The Morgan fingerprint density at radius 1 is 0.824 bits per heavy atom. The number of hydrogen-bond donors (Lipinski definition) is 3. The zero-order chi connectivity index (χ0) is 13.3. The van der Waals surface area contributed by atoms with E-state index in [2.05, 4.69) is 5.32 Å². The Morgan fingerprint density at radius 2 is 1.18 bits per heavy atom. The van der Waals surface area contributed by atoms with E-state index in [1.165, 1.54) is 0 Å². The second kappa shape index (κ2) is 9.79. The molecule has 0 aliphatic rings. The predicted octanol–water partition coefficient (Wildman–Crippen LogP) is 0.148. The third-order valence-corrected chi connectivity index (χ3v) is 2.00. The molecule has 0 aromatic heterocycles. The molecular weight excluding hydrogens is 222 g/mol. The number of aliphatic hydroxyl groups excluding tert-OH is 2. The van der Waals surface area contributed by atoms with E-state index in [-0.39, 0.29) is 12.2 Å². The second-order valence-electron chi connectivity index (χ2n) is 4.73. The summed E-state index contributed by atoms with van der Waals surface area (Å²) in [5, 5.41) is 22.0. The Balaban J connectivity index is 3.42. The van der Waals surface area contributed by atoms with E-state index in [0.29, 0.717) is 26.3 Å². The van der Waals surface area contributed by atoms with Gasteiger partial charge in [-0.2, -0.15) is 0 Å². The molecule has 0 radical (unpaired) electrons. The van der Waals surface area contributed by atoms with Crippen LogP contribution in [0.3, 0.4) is 0 Å². The quantitative estimate of drug-likeness (QED) is 0.514. The van der Waals surface area contributed by atoms with Crippen LogP contribution in [0.25, 0.3) is 0 Å². The largest absolute Gasteiger partial charge is 0.389 e. The highest BCUT2D eigenvalue weighted by Crippen LogP contribution is 1.93. The lowest BCUT2D eigenvalue weighted by molar-refractivity contribution is -0.00401. The van der Waals surface area contributed by atoms with Crippen LogP contribution < -0.4 is 5.32 Å². The first-order chi connectivity index (χ1) is 7.91. The molecule has 0 aromatic rings. The lowest BCUT2D eigenvalue weighted by Crippen LogP contribution is -2.37. The van der Waals surface area contributed by atoms with Crippen LogP contribution in [0.4, 0.5) is 0 Å². The first-order valence-corrected chi connectivity index (χ1v) is 6.21. The van der Waals surface area contributed by atoms with Crippen molar-refractivity contribution in [1.82, 2.24) is 5.32 Å². The first-order valence-electron chi connectivity index (χ1n) is 6.21.